The van der Waals surface area contributed by atoms with Crippen molar-refractivity contribution < 1.29 is 14.3 Å². The minimum Gasteiger partial charge on any atom is -0.506 e. The van der Waals surface area contributed by atoms with Crippen LogP contribution in [-0.2, 0) is 13.0 Å². The van der Waals surface area contributed by atoms with Gasteiger partial charge in [-0.15, -0.1) is 0 Å². The van der Waals surface area contributed by atoms with Gasteiger partial charge in [-0.05, 0) is 43.0 Å². The smallest absolute Gasteiger partial charge is 0.267 e. The van der Waals surface area contributed by atoms with Gasteiger partial charge in [0.15, 0.2) is 0 Å². The summed E-state index contributed by atoms with van der Waals surface area (Å²) in [4.78, 5) is 25.7. The molecule has 2 heterocycles. The molecule has 1 aliphatic rings. The first kappa shape index (κ1) is 17.3. The van der Waals surface area contributed by atoms with E-state index in [1.54, 1.807) is 0 Å². The molecule has 0 radical (unpaired) electrons. The molecule has 0 spiro atoms. The number of aryl methyl sites for hydroxylation is 1. The molecule has 6 heteroatoms. The van der Waals surface area contributed by atoms with E-state index >= 15 is 0 Å². The second kappa shape index (κ2) is 6.54. The van der Waals surface area contributed by atoms with Crippen LogP contribution in [0, 0.1) is 5.82 Å². The second-order valence-corrected chi connectivity index (χ2v) is 6.92. The maximum Gasteiger partial charge on any atom is 0.267 e. The minimum atomic E-state index is -0.671. The van der Waals surface area contributed by atoms with Crippen molar-refractivity contribution in [2.24, 2.45) is 0 Å². The molecule has 2 N–H and O–H groups in total. The average molecular weight is 366 g/mol. The van der Waals surface area contributed by atoms with Crippen molar-refractivity contribution in [3.05, 3.63) is 75.3 Å². The number of halogens is 1. The lowest BCUT2D eigenvalue weighted by Gasteiger charge is -2.26. The summed E-state index contributed by atoms with van der Waals surface area (Å²) < 4.78 is 15.5. The first-order valence-corrected chi connectivity index (χ1v) is 8.89. The quantitative estimate of drug-likeness (QED) is 0.747. The number of aromatic nitrogens is 1. The summed E-state index contributed by atoms with van der Waals surface area (Å²) in [5, 5.41) is 13.5. The average Bonchev–Trinajstić information content (AvgIpc) is 2.66. The highest BCUT2D eigenvalue weighted by atomic mass is 19.1. The Kier molecular flexibility index (Phi) is 4.18. The van der Waals surface area contributed by atoms with Crippen molar-refractivity contribution >= 4 is 16.8 Å². The van der Waals surface area contributed by atoms with Gasteiger partial charge < -0.3 is 15.0 Å². The van der Waals surface area contributed by atoms with Gasteiger partial charge in [0, 0.05) is 18.0 Å². The van der Waals surface area contributed by atoms with Crippen molar-refractivity contribution in [3.8, 4) is 5.75 Å². The number of carbonyl (C=O) groups is 1. The van der Waals surface area contributed by atoms with E-state index in [0.29, 0.717) is 23.9 Å². The van der Waals surface area contributed by atoms with Crippen molar-refractivity contribution in [1.29, 1.82) is 0 Å². The second-order valence-electron chi connectivity index (χ2n) is 6.92. The van der Waals surface area contributed by atoms with Crippen molar-refractivity contribution in [3.63, 3.8) is 0 Å². The van der Waals surface area contributed by atoms with E-state index in [0.717, 1.165) is 5.56 Å². The summed E-state index contributed by atoms with van der Waals surface area (Å²) in [6.07, 6.45) is 1.29. The summed E-state index contributed by atoms with van der Waals surface area (Å²) in [5.41, 5.74) is 1.16. The van der Waals surface area contributed by atoms with E-state index in [4.69, 9.17) is 0 Å². The molecular weight excluding hydrogens is 347 g/mol. The van der Waals surface area contributed by atoms with Gasteiger partial charge in [0.1, 0.15) is 17.1 Å². The fourth-order valence-corrected chi connectivity index (χ4v) is 3.75. The number of hydrogen-bond donors (Lipinski definition) is 2. The van der Waals surface area contributed by atoms with Crippen LogP contribution in [-0.4, -0.2) is 15.6 Å². The number of nitrogens with zero attached hydrogens (tertiary/aromatic N) is 1. The third-order valence-electron chi connectivity index (χ3n) is 5.11. The Morgan fingerprint density at radius 1 is 1.30 bits per heavy atom. The van der Waals surface area contributed by atoms with E-state index in [2.05, 4.69) is 5.32 Å². The monoisotopic (exact) mass is 366 g/mol. The van der Waals surface area contributed by atoms with Crippen LogP contribution in [0.3, 0.4) is 0 Å². The van der Waals surface area contributed by atoms with Gasteiger partial charge in [0.25, 0.3) is 11.5 Å². The molecule has 1 aromatic heterocycles. The summed E-state index contributed by atoms with van der Waals surface area (Å²) in [5.74, 6) is -1.63. The topological polar surface area (TPSA) is 71.3 Å². The number of benzene rings is 2. The Morgan fingerprint density at radius 3 is 2.78 bits per heavy atom. The number of aromatic hydroxyl groups is 1. The Bertz CT molecular complexity index is 1110. The van der Waals surface area contributed by atoms with Gasteiger partial charge in [-0.2, -0.15) is 0 Å². The Hall–Kier alpha value is -3.15. The molecule has 27 heavy (non-hydrogen) atoms. The van der Waals surface area contributed by atoms with Crippen LogP contribution in [0.1, 0.15) is 40.9 Å². The maximum atomic E-state index is 14.0. The molecule has 1 amide bonds. The molecule has 0 saturated carbocycles. The molecular formula is C21H19FN2O3. The van der Waals surface area contributed by atoms with Crippen LogP contribution < -0.4 is 10.9 Å². The number of hydrogen-bond acceptors (Lipinski definition) is 3. The molecule has 1 unspecified atom stereocenters. The van der Waals surface area contributed by atoms with Gasteiger partial charge in [-0.1, -0.05) is 30.3 Å². The number of rotatable bonds is 3. The molecule has 0 aliphatic carbocycles. The first-order chi connectivity index (χ1) is 13.0. The van der Waals surface area contributed by atoms with Gasteiger partial charge in [0.2, 0.25) is 0 Å². The third-order valence-corrected chi connectivity index (χ3v) is 5.11. The summed E-state index contributed by atoms with van der Waals surface area (Å²) in [7, 11) is 0. The highest BCUT2D eigenvalue weighted by molar-refractivity contribution is 6.03. The van der Waals surface area contributed by atoms with Crippen LogP contribution in [0.15, 0.2) is 47.3 Å². The van der Waals surface area contributed by atoms with Gasteiger partial charge in [-0.25, -0.2) is 4.39 Å². The van der Waals surface area contributed by atoms with Crippen molar-refractivity contribution in [2.45, 2.75) is 32.4 Å². The highest BCUT2D eigenvalue weighted by Crippen LogP contribution is 2.35. The third kappa shape index (κ3) is 2.87. The molecule has 1 atom stereocenters. The first-order valence-electron chi connectivity index (χ1n) is 8.89. The normalized spacial score (nSPS) is 15.7. The van der Waals surface area contributed by atoms with Gasteiger partial charge in [-0.3, -0.25) is 9.59 Å². The van der Waals surface area contributed by atoms with Crippen LogP contribution >= 0.6 is 0 Å². The number of carbonyl (C=O) groups excluding carboxylic acids is 1. The SMILES string of the molecule is CC1CCc2cc(F)cc3c(O)c(C(=O)NCc4ccccc4)c(=O)n1c23. The van der Waals surface area contributed by atoms with E-state index in [9.17, 15) is 19.1 Å². The predicted octanol–water partition coefficient (Wildman–Crippen LogP) is 3.28. The Balaban J connectivity index is 1.84. The van der Waals surface area contributed by atoms with Gasteiger partial charge >= 0.3 is 0 Å². The lowest BCUT2D eigenvalue weighted by Crippen LogP contribution is -2.35. The predicted molar refractivity (Wildman–Crippen MR) is 100 cm³/mol. The Labute approximate surface area is 155 Å². The van der Waals surface area contributed by atoms with E-state index in [1.807, 2.05) is 37.3 Å². The summed E-state index contributed by atoms with van der Waals surface area (Å²) >= 11 is 0. The lowest BCUT2D eigenvalue weighted by molar-refractivity contribution is 0.0946. The Morgan fingerprint density at radius 2 is 2.04 bits per heavy atom. The zero-order chi connectivity index (χ0) is 19.1. The fourth-order valence-electron chi connectivity index (χ4n) is 3.75. The van der Waals surface area contributed by atoms with Crippen molar-refractivity contribution in [2.75, 3.05) is 0 Å². The molecule has 1 aliphatic heterocycles. The molecule has 0 fully saturated rings. The zero-order valence-electron chi connectivity index (χ0n) is 14.8. The summed E-state index contributed by atoms with van der Waals surface area (Å²) in [6.45, 7) is 2.11. The maximum absolute atomic E-state index is 14.0. The number of nitrogens with one attached hydrogen (secondary N) is 1. The molecule has 2 aromatic carbocycles. The van der Waals surface area contributed by atoms with Crippen LogP contribution in [0.4, 0.5) is 4.39 Å². The van der Waals surface area contributed by atoms with E-state index < -0.39 is 23.0 Å². The molecule has 0 saturated heterocycles. The number of pyridine rings is 1. The van der Waals surface area contributed by atoms with Gasteiger partial charge in [0.05, 0.1) is 5.52 Å². The van der Waals surface area contributed by atoms with E-state index in [-0.39, 0.29) is 23.5 Å². The zero-order valence-corrected chi connectivity index (χ0v) is 14.8. The molecule has 3 aromatic rings. The minimum absolute atomic E-state index is 0.140. The molecule has 138 valence electrons. The van der Waals surface area contributed by atoms with Crippen LogP contribution in [0.2, 0.25) is 0 Å². The lowest BCUT2D eigenvalue weighted by atomic mass is 9.95. The molecule has 4 rings (SSSR count). The molecule has 5 nitrogen and oxygen atoms in total. The highest BCUT2D eigenvalue weighted by Gasteiger charge is 2.28. The summed E-state index contributed by atoms with van der Waals surface area (Å²) in [6, 6.07) is 11.7. The van der Waals surface area contributed by atoms with Crippen LogP contribution in [0.5, 0.6) is 5.75 Å². The van der Waals surface area contributed by atoms with E-state index in [1.165, 1.54) is 16.7 Å². The van der Waals surface area contributed by atoms with Crippen LogP contribution in [0.25, 0.3) is 10.9 Å². The number of amides is 1. The molecule has 0 bridgehead atoms. The largest absolute Gasteiger partial charge is 0.506 e. The fraction of sp³-hybridized carbons (Fsp3) is 0.238. The van der Waals surface area contributed by atoms with Crippen molar-refractivity contribution in [1.82, 2.24) is 9.88 Å². The standard InChI is InChI=1S/C21H19FN2O3/c1-12-7-8-14-9-15(22)10-16-18(14)24(12)21(27)17(19(16)25)20(26)23-11-13-5-3-2-4-6-13/h2-6,9-10,12,25H,7-8,11H2,1H3,(H,23,26).